The van der Waals surface area contributed by atoms with Gasteiger partial charge < -0.3 is 4.90 Å². The van der Waals surface area contributed by atoms with Crippen molar-refractivity contribution < 1.29 is 8.42 Å². The molecule has 22 heavy (non-hydrogen) atoms. The average molecular weight is 340 g/mol. The van der Waals surface area contributed by atoms with Gasteiger partial charge in [-0.3, -0.25) is 5.10 Å². The molecule has 6 nitrogen and oxygen atoms in total. The first-order chi connectivity index (χ1) is 10.5. The summed E-state index contributed by atoms with van der Waals surface area (Å²) in [6.45, 7) is 5.29. The molecule has 0 aromatic carbocycles. The molecule has 8 heteroatoms. The Morgan fingerprint density at radius 3 is 2.82 bits per heavy atom. The molecule has 0 bridgehead atoms. The molecule has 2 N–H and O–H groups in total. The lowest BCUT2D eigenvalue weighted by Crippen LogP contribution is -2.33. The van der Waals surface area contributed by atoms with E-state index in [9.17, 15) is 8.42 Å². The summed E-state index contributed by atoms with van der Waals surface area (Å²) < 4.78 is 27.6. The lowest BCUT2D eigenvalue weighted by Gasteiger charge is -2.14. The summed E-state index contributed by atoms with van der Waals surface area (Å²) in [7, 11) is -3.43. The van der Waals surface area contributed by atoms with Crippen LogP contribution in [0.25, 0.3) is 10.6 Å². The maximum atomic E-state index is 12.3. The van der Waals surface area contributed by atoms with E-state index in [0.717, 1.165) is 35.9 Å². The number of hydrogen-bond donors (Lipinski definition) is 2. The zero-order valence-electron chi connectivity index (χ0n) is 12.5. The normalized spacial score (nSPS) is 16.4. The van der Waals surface area contributed by atoms with Crippen LogP contribution in [0.1, 0.15) is 18.5 Å². The molecular weight excluding hydrogens is 320 g/mol. The van der Waals surface area contributed by atoms with E-state index >= 15 is 0 Å². The molecule has 0 spiro atoms. The highest BCUT2D eigenvalue weighted by Gasteiger charge is 2.19. The fraction of sp³-hybridized carbons (Fsp3) is 0.500. The first-order valence-electron chi connectivity index (χ1n) is 7.39. The van der Waals surface area contributed by atoms with E-state index in [0.29, 0.717) is 10.8 Å². The molecule has 3 heterocycles. The van der Waals surface area contributed by atoms with Gasteiger partial charge in [0, 0.05) is 18.8 Å². The molecule has 1 aliphatic heterocycles. The fourth-order valence-electron chi connectivity index (χ4n) is 2.56. The van der Waals surface area contributed by atoms with Crippen molar-refractivity contribution >= 4 is 21.4 Å². The maximum absolute atomic E-state index is 12.3. The highest BCUT2D eigenvalue weighted by atomic mass is 32.2. The summed E-state index contributed by atoms with van der Waals surface area (Å²) in [5.41, 5.74) is 1.73. The number of aryl methyl sites for hydroxylation is 1. The Morgan fingerprint density at radius 1 is 1.36 bits per heavy atom. The van der Waals surface area contributed by atoms with Crippen molar-refractivity contribution in [3.63, 3.8) is 0 Å². The third-order valence-corrected chi connectivity index (χ3v) is 6.78. The van der Waals surface area contributed by atoms with Crippen LogP contribution in [0.3, 0.4) is 0 Å². The molecule has 0 aliphatic carbocycles. The summed E-state index contributed by atoms with van der Waals surface area (Å²) >= 11 is 1.24. The number of sulfonamides is 1. The van der Waals surface area contributed by atoms with Gasteiger partial charge >= 0.3 is 0 Å². The monoisotopic (exact) mass is 340 g/mol. The molecule has 0 amide bonds. The molecule has 0 saturated carbocycles. The van der Waals surface area contributed by atoms with Gasteiger partial charge in [-0.15, -0.1) is 11.3 Å². The van der Waals surface area contributed by atoms with Crippen LogP contribution in [0, 0.1) is 6.92 Å². The number of nitrogens with one attached hydrogen (secondary N) is 2. The summed E-state index contributed by atoms with van der Waals surface area (Å²) in [6.07, 6.45) is 2.42. The Bertz CT molecular complexity index is 730. The quantitative estimate of drug-likeness (QED) is 0.841. The predicted molar refractivity (Wildman–Crippen MR) is 87.5 cm³/mol. The molecule has 1 saturated heterocycles. The number of nitrogens with zero attached hydrogens (tertiary/aromatic N) is 2. The smallest absolute Gasteiger partial charge is 0.250 e. The van der Waals surface area contributed by atoms with Gasteiger partial charge in [0.1, 0.15) is 9.90 Å². The van der Waals surface area contributed by atoms with Crippen LogP contribution in [0.2, 0.25) is 0 Å². The van der Waals surface area contributed by atoms with Gasteiger partial charge in [-0.25, -0.2) is 13.1 Å². The van der Waals surface area contributed by atoms with Crippen molar-refractivity contribution in [1.82, 2.24) is 19.8 Å². The first-order valence-corrected chi connectivity index (χ1v) is 9.69. The highest BCUT2D eigenvalue weighted by Crippen LogP contribution is 2.29. The Labute approximate surface area is 134 Å². The number of likely N-dealkylation sites (tertiary alicyclic amines) is 1. The summed E-state index contributed by atoms with van der Waals surface area (Å²) in [4.78, 5) is 3.14. The van der Waals surface area contributed by atoms with Crippen molar-refractivity contribution in [2.75, 3.05) is 26.2 Å². The largest absolute Gasteiger partial charge is 0.302 e. The van der Waals surface area contributed by atoms with Gasteiger partial charge in [0.15, 0.2) is 0 Å². The van der Waals surface area contributed by atoms with E-state index in [1.807, 2.05) is 13.0 Å². The second kappa shape index (κ2) is 6.49. The van der Waals surface area contributed by atoms with Crippen molar-refractivity contribution in [2.24, 2.45) is 0 Å². The second-order valence-corrected chi connectivity index (χ2v) is 8.58. The van der Waals surface area contributed by atoms with Crippen LogP contribution in [0.5, 0.6) is 0 Å². The molecule has 0 atom stereocenters. The Morgan fingerprint density at radius 2 is 2.14 bits per heavy atom. The SMILES string of the molecule is Cc1cc(-c2ccc(S(=O)(=O)NCCN3CCCC3)s2)n[nH]1. The van der Waals surface area contributed by atoms with Crippen molar-refractivity contribution in [3.05, 3.63) is 23.9 Å². The Kier molecular flexibility index (Phi) is 4.62. The lowest BCUT2D eigenvalue weighted by atomic mass is 10.3. The van der Waals surface area contributed by atoms with E-state index < -0.39 is 10.0 Å². The van der Waals surface area contributed by atoms with Gasteiger partial charge in [0.05, 0.1) is 4.88 Å². The minimum atomic E-state index is -3.43. The van der Waals surface area contributed by atoms with Crippen molar-refractivity contribution in [1.29, 1.82) is 0 Å². The summed E-state index contributed by atoms with van der Waals surface area (Å²) in [5, 5.41) is 7.03. The zero-order chi connectivity index (χ0) is 15.6. The van der Waals surface area contributed by atoms with E-state index in [1.165, 1.54) is 24.2 Å². The average Bonchev–Trinajstić information content (AvgIpc) is 3.18. The molecule has 0 radical (unpaired) electrons. The summed E-state index contributed by atoms with van der Waals surface area (Å²) in [5.74, 6) is 0. The number of hydrogen-bond acceptors (Lipinski definition) is 5. The van der Waals surface area contributed by atoms with Crippen molar-refractivity contribution in [3.8, 4) is 10.6 Å². The van der Waals surface area contributed by atoms with Crippen molar-refractivity contribution in [2.45, 2.75) is 24.0 Å². The molecule has 1 fully saturated rings. The third-order valence-electron chi connectivity index (χ3n) is 3.72. The fourth-order valence-corrected chi connectivity index (χ4v) is 4.89. The van der Waals surface area contributed by atoms with Gasteiger partial charge in [-0.05, 0) is 51.1 Å². The standard InChI is InChI=1S/C14H20N4O2S2/c1-11-10-12(17-16-11)13-4-5-14(21-13)22(19,20)15-6-9-18-7-2-3-8-18/h4-5,10,15H,2-3,6-9H2,1H3,(H,16,17). The van der Waals surface area contributed by atoms with Crippen LogP contribution >= 0.6 is 11.3 Å². The third kappa shape index (κ3) is 3.57. The van der Waals surface area contributed by atoms with Gasteiger partial charge in [-0.1, -0.05) is 0 Å². The van der Waals surface area contributed by atoms with E-state index in [4.69, 9.17) is 0 Å². The Balaban J connectivity index is 1.63. The Hall–Kier alpha value is -1.22. The summed E-state index contributed by atoms with van der Waals surface area (Å²) in [6, 6.07) is 5.35. The van der Waals surface area contributed by atoms with Gasteiger partial charge in [0.2, 0.25) is 10.0 Å². The number of H-pyrrole nitrogens is 1. The minimum absolute atomic E-state index is 0.338. The lowest BCUT2D eigenvalue weighted by molar-refractivity contribution is 0.344. The highest BCUT2D eigenvalue weighted by molar-refractivity contribution is 7.91. The van der Waals surface area contributed by atoms with Crippen LogP contribution in [-0.2, 0) is 10.0 Å². The van der Waals surface area contributed by atoms with Crippen LogP contribution < -0.4 is 4.72 Å². The zero-order valence-corrected chi connectivity index (χ0v) is 14.1. The number of thiophene rings is 1. The van der Waals surface area contributed by atoms with E-state index in [-0.39, 0.29) is 0 Å². The van der Waals surface area contributed by atoms with E-state index in [2.05, 4.69) is 19.8 Å². The molecule has 2 aromatic heterocycles. The topological polar surface area (TPSA) is 78.1 Å². The maximum Gasteiger partial charge on any atom is 0.250 e. The molecule has 3 rings (SSSR count). The number of aromatic nitrogens is 2. The predicted octanol–water partition coefficient (Wildman–Crippen LogP) is 1.82. The van der Waals surface area contributed by atoms with Crippen LogP contribution in [0.15, 0.2) is 22.4 Å². The molecule has 1 aliphatic rings. The van der Waals surface area contributed by atoms with Gasteiger partial charge in [0.25, 0.3) is 0 Å². The molecule has 0 unspecified atom stereocenters. The first kappa shape index (κ1) is 15.7. The molecular formula is C14H20N4O2S2. The number of aromatic amines is 1. The van der Waals surface area contributed by atoms with Gasteiger partial charge in [-0.2, -0.15) is 5.10 Å². The van der Waals surface area contributed by atoms with Crippen LogP contribution in [-0.4, -0.2) is 49.7 Å². The minimum Gasteiger partial charge on any atom is -0.302 e. The van der Waals surface area contributed by atoms with Crippen LogP contribution in [0.4, 0.5) is 0 Å². The molecule has 2 aromatic rings. The molecule has 120 valence electrons. The second-order valence-electron chi connectivity index (χ2n) is 5.50. The number of rotatable bonds is 6. The van der Waals surface area contributed by atoms with E-state index in [1.54, 1.807) is 12.1 Å².